The van der Waals surface area contributed by atoms with E-state index in [4.69, 9.17) is 14.7 Å². The molecule has 1 aromatic carbocycles. The summed E-state index contributed by atoms with van der Waals surface area (Å²) >= 11 is 0. The van der Waals surface area contributed by atoms with Crippen LogP contribution < -0.4 is 15.0 Å². The number of rotatable bonds is 6. The standard InChI is InChI=1S/C28H38N6O/c1-19(2)26-15-29-12-14-34(26)27-23-16-33(25-11-10-20-7-4-5-9-22(20)25)17-24(23)30-28(31-27)35-18-21-8-6-13-32(21)3/h4-5,7,9,21,25-26,29H,1,6,8,10-18H2,2-3H3/t21-,25?,26+/m0/s1. The third-order valence-corrected chi connectivity index (χ3v) is 8.47. The Bertz CT molecular complexity index is 1100. The molecule has 0 spiro atoms. The van der Waals surface area contributed by atoms with Crippen molar-refractivity contribution in [2.75, 3.05) is 44.7 Å². The highest BCUT2D eigenvalue weighted by Crippen LogP contribution is 2.42. The van der Waals surface area contributed by atoms with E-state index in [0.717, 1.165) is 57.2 Å². The number of hydrogen-bond donors (Lipinski definition) is 1. The minimum absolute atomic E-state index is 0.234. The summed E-state index contributed by atoms with van der Waals surface area (Å²) in [4.78, 5) is 17.5. The maximum atomic E-state index is 6.28. The van der Waals surface area contributed by atoms with Crippen LogP contribution in [0, 0.1) is 0 Å². The van der Waals surface area contributed by atoms with Gasteiger partial charge in [-0.15, -0.1) is 0 Å². The molecule has 2 aromatic rings. The molecule has 7 nitrogen and oxygen atoms in total. The van der Waals surface area contributed by atoms with Crippen LogP contribution >= 0.6 is 0 Å². The summed E-state index contributed by atoms with van der Waals surface area (Å²) in [6.45, 7) is 12.7. The van der Waals surface area contributed by atoms with E-state index >= 15 is 0 Å². The van der Waals surface area contributed by atoms with Crippen molar-refractivity contribution < 1.29 is 4.74 Å². The van der Waals surface area contributed by atoms with Crippen LogP contribution in [0.1, 0.15) is 54.6 Å². The quantitative estimate of drug-likeness (QED) is 0.645. The maximum Gasteiger partial charge on any atom is 0.318 e. The Kier molecular flexibility index (Phi) is 6.25. The Morgan fingerprint density at radius 2 is 2.06 bits per heavy atom. The lowest BCUT2D eigenvalue weighted by Crippen LogP contribution is -2.52. The van der Waals surface area contributed by atoms with Gasteiger partial charge in [0, 0.05) is 50.4 Å². The van der Waals surface area contributed by atoms with Gasteiger partial charge in [0.2, 0.25) is 0 Å². The second kappa shape index (κ2) is 9.52. The number of benzene rings is 1. The average Bonchev–Trinajstić information content (AvgIpc) is 3.59. The fraction of sp³-hybridized carbons (Fsp3) is 0.571. The van der Waals surface area contributed by atoms with Crippen LogP contribution in [0.3, 0.4) is 0 Å². The number of piperazine rings is 1. The van der Waals surface area contributed by atoms with Crippen molar-refractivity contribution in [3.8, 4) is 6.01 Å². The molecule has 1 unspecified atom stereocenters. The van der Waals surface area contributed by atoms with Gasteiger partial charge in [0.15, 0.2) is 0 Å². The molecular weight excluding hydrogens is 436 g/mol. The van der Waals surface area contributed by atoms with E-state index in [1.807, 2.05) is 0 Å². The molecule has 35 heavy (non-hydrogen) atoms. The highest BCUT2D eigenvalue weighted by Gasteiger charge is 2.37. The largest absolute Gasteiger partial charge is 0.462 e. The fourth-order valence-corrected chi connectivity index (χ4v) is 6.43. The first-order valence-electron chi connectivity index (χ1n) is 13.3. The number of anilines is 1. The molecular formula is C28H38N6O. The smallest absolute Gasteiger partial charge is 0.318 e. The zero-order valence-corrected chi connectivity index (χ0v) is 21.2. The number of nitrogens with one attached hydrogen (secondary N) is 1. The van der Waals surface area contributed by atoms with Gasteiger partial charge in [-0.05, 0) is 57.3 Å². The van der Waals surface area contributed by atoms with E-state index in [0.29, 0.717) is 24.7 Å². The summed E-state index contributed by atoms with van der Waals surface area (Å²) in [5.41, 5.74) is 6.55. The van der Waals surface area contributed by atoms with Gasteiger partial charge in [-0.25, -0.2) is 0 Å². The van der Waals surface area contributed by atoms with Gasteiger partial charge in [0.1, 0.15) is 12.4 Å². The number of fused-ring (bicyclic) bond motifs is 2. The molecule has 7 heteroatoms. The minimum atomic E-state index is 0.234. The average molecular weight is 475 g/mol. The Morgan fingerprint density at radius 1 is 1.17 bits per heavy atom. The van der Waals surface area contributed by atoms with Gasteiger partial charge in [-0.3, -0.25) is 4.90 Å². The van der Waals surface area contributed by atoms with Gasteiger partial charge < -0.3 is 19.9 Å². The highest BCUT2D eigenvalue weighted by atomic mass is 16.5. The Labute approximate surface area is 209 Å². The SMILES string of the molecule is C=C(C)[C@H]1CNCCN1c1nc(OC[C@@H]2CCCN2C)nc2c1CN(C1CCc3ccccc31)C2. The zero-order valence-electron chi connectivity index (χ0n) is 21.2. The molecule has 1 aliphatic carbocycles. The predicted octanol–water partition coefficient (Wildman–Crippen LogP) is 3.31. The molecule has 1 N–H and O–H groups in total. The minimum Gasteiger partial charge on any atom is -0.462 e. The van der Waals surface area contributed by atoms with Crippen molar-refractivity contribution in [2.24, 2.45) is 0 Å². The van der Waals surface area contributed by atoms with Gasteiger partial charge >= 0.3 is 6.01 Å². The van der Waals surface area contributed by atoms with E-state index in [1.54, 1.807) is 0 Å². The van der Waals surface area contributed by atoms with E-state index < -0.39 is 0 Å². The first-order valence-corrected chi connectivity index (χ1v) is 13.3. The van der Waals surface area contributed by atoms with E-state index in [9.17, 15) is 0 Å². The summed E-state index contributed by atoms with van der Waals surface area (Å²) in [6.07, 6.45) is 4.75. The number of hydrogen-bond acceptors (Lipinski definition) is 7. The number of aryl methyl sites for hydroxylation is 1. The summed E-state index contributed by atoms with van der Waals surface area (Å²) in [7, 11) is 2.19. The molecule has 0 bridgehead atoms. The third-order valence-electron chi connectivity index (χ3n) is 8.47. The lowest BCUT2D eigenvalue weighted by molar-refractivity contribution is 0.186. The van der Waals surface area contributed by atoms with E-state index in [2.05, 4.69) is 64.8 Å². The molecule has 4 aliphatic rings. The molecule has 4 heterocycles. The van der Waals surface area contributed by atoms with Crippen molar-refractivity contribution in [3.63, 3.8) is 0 Å². The number of aromatic nitrogens is 2. The van der Waals surface area contributed by atoms with Crippen molar-refractivity contribution >= 4 is 5.82 Å². The molecule has 2 saturated heterocycles. The molecule has 6 rings (SSSR count). The topological polar surface area (TPSA) is 56.8 Å². The molecule has 0 amide bonds. The summed E-state index contributed by atoms with van der Waals surface area (Å²) in [6, 6.07) is 10.6. The molecule has 1 aromatic heterocycles. The lowest BCUT2D eigenvalue weighted by Gasteiger charge is -2.38. The number of likely N-dealkylation sites (tertiary alicyclic amines) is 1. The molecule has 0 radical (unpaired) electrons. The molecule has 0 saturated carbocycles. The number of ether oxygens (including phenoxy) is 1. The Balaban J connectivity index is 1.31. The van der Waals surface area contributed by atoms with Gasteiger partial charge in [-0.2, -0.15) is 9.97 Å². The second-order valence-corrected chi connectivity index (χ2v) is 10.8. The van der Waals surface area contributed by atoms with Crippen LogP contribution in [0.2, 0.25) is 0 Å². The maximum absolute atomic E-state index is 6.28. The van der Waals surface area contributed by atoms with Crippen LogP contribution in [-0.4, -0.2) is 71.7 Å². The summed E-state index contributed by atoms with van der Waals surface area (Å²) in [5.74, 6) is 1.05. The van der Waals surface area contributed by atoms with E-state index in [-0.39, 0.29) is 6.04 Å². The zero-order chi connectivity index (χ0) is 23.9. The van der Waals surface area contributed by atoms with Crippen molar-refractivity contribution in [1.29, 1.82) is 0 Å². The fourth-order valence-electron chi connectivity index (χ4n) is 6.43. The number of nitrogens with zero attached hydrogens (tertiary/aromatic N) is 5. The lowest BCUT2D eigenvalue weighted by atomic mass is 10.1. The monoisotopic (exact) mass is 474 g/mol. The van der Waals surface area contributed by atoms with E-state index in [1.165, 1.54) is 41.5 Å². The van der Waals surface area contributed by atoms with Crippen LogP contribution in [0.25, 0.3) is 0 Å². The Morgan fingerprint density at radius 3 is 2.89 bits per heavy atom. The van der Waals surface area contributed by atoms with Crippen LogP contribution in [0.4, 0.5) is 5.82 Å². The first kappa shape index (κ1) is 23.0. The van der Waals surface area contributed by atoms with Crippen LogP contribution in [0.15, 0.2) is 36.4 Å². The molecule has 3 aliphatic heterocycles. The molecule has 3 atom stereocenters. The second-order valence-electron chi connectivity index (χ2n) is 10.8. The summed E-state index contributed by atoms with van der Waals surface area (Å²) < 4.78 is 6.28. The normalized spacial score (nSPS) is 26.7. The molecule has 2 fully saturated rings. The predicted molar refractivity (Wildman–Crippen MR) is 139 cm³/mol. The van der Waals surface area contributed by atoms with Gasteiger partial charge in [-0.1, -0.05) is 36.4 Å². The third kappa shape index (κ3) is 4.34. The molecule has 186 valence electrons. The number of likely N-dealkylation sites (N-methyl/N-ethyl adjacent to an activating group) is 1. The van der Waals surface area contributed by atoms with Crippen molar-refractivity contribution in [3.05, 3.63) is 58.8 Å². The van der Waals surface area contributed by atoms with Crippen molar-refractivity contribution in [1.82, 2.24) is 25.1 Å². The highest BCUT2D eigenvalue weighted by molar-refractivity contribution is 5.54. The summed E-state index contributed by atoms with van der Waals surface area (Å²) in [5, 5.41) is 3.54. The first-order chi connectivity index (χ1) is 17.1. The van der Waals surface area contributed by atoms with Crippen LogP contribution in [-0.2, 0) is 19.5 Å². The Hall–Kier alpha value is -2.48. The van der Waals surface area contributed by atoms with Crippen LogP contribution in [0.5, 0.6) is 6.01 Å². The van der Waals surface area contributed by atoms with Crippen molar-refractivity contribution in [2.45, 2.75) is 63.8 Å². The van der Waals surface area contributed by atoms with Gasteiger partial charge in [0.05, 0.1) is 11.7 Å². The van der Waals surface area contributed by atoms with Gasteiger partial charge in [0.25, 0.3) is 0 Å².